The summed E-state index contributed by atoms with van der Waals surface area (Å²) >= 11 is 3.33. The predicted octanol–water partition coefficient (Wildman–Crippen LogP) is 1.50. The van der Waals surface area contributed by atoms with E-state index in [9.17, 15) is 4.79 Å². The first-order chi connectivity index (χ1) is 7.41. The summed E-state index contributed by atoms with van der Waals surface area (Å²) in [6.45, 7) is 4.57. The maximum absolute atomic E-state index is 11.8. The SMILES string of the molecule is CC(C)C(N)CNC(=O)c1cc(Br)cn1C. The number of rotatable bonds is 4. The monoisotopic (exact) mass is 287 g/mol. The highest BCUT2D eigenvalue weighted by molar-refractivity contribution is 9.10. The normalized spacial score (nSPS) is 12.9. The van der Waals surface area contributed by atoms with Crippen molar-refractivity contribution in [3.8, 4) is 0 Å². The van der Waals surface area contributed by atoms with E-state index in [2.05, 4.69) is 21.2 Å². The minimum absolute atomic E-state index is 0.00680. The average molecular weight is 288 g/mol. The van der Waals surface area contributed by atoms with Crippen LogP contribution in [0, 0.1) is 5.92 Å². The summed E-state index contributed by atoms with van der Waals surface area (Å²) in [6, 6.07) is 1.78. The van der Waals surface area contributed by atoms with E-state index in [1.807, 2.05) is 27.1 Å². The van der Waals surface area contributed by atoms with Gasteiger partial charge in [0.2, 0.25) is 0 Å². The van der Waals surface area contributed by atoms with E-state index < -0.39 is 0 Å². The molecule has 0 aliphatic rings. The average Bonchev–Trinajstić information content (AvgIpc) is 2.53. The van der Waals surface area contributed by atoms with Crippen molar-refractivity contribution in [2.45, 2.75) is 19.9 Å². The second-order valence-corrected chi connectivity index (χ2v) is 5.19. The number of nitrogens with zero attached hydrogens (tertiary/aromatic N) is 1. The highest BCUT2D eigenvalue weighted by Gasteiger charge is 2.13. The van der Waals surface area contributed by atoms with Gasteiger partial charge in [-0.25, -0.2) is 0 Å². The molecule has 1 amide bonds. The van der Waals surface area contributed by atoms with Crippen LogP contribution in [0.2, 0.25) is 0 Å². The zero-order valence-electron chi connectivity index (χ0n) is 9.83. The van der Waals surface area contributed by atoms with Crippen molar-refractivity contribution in [2.24, 2.45) is 18.7 Å². The van der Waals surface area contributed by atoms with Crippen LogP contribution in [0.4, 0.5) is 0 Å². The molecule has 3 N–H and O–H groups in total. The summed E-state index contributed by atoms with van der Waals surface area (Å²) in [6.07, 6.45) is 1.84. The molecule has 1 rings (SSSR count). The third-order valence-electron chi connectivity index (χ3n) is 2.56. The number of carbonyl (C=O) groups is 1. The summed E-state index contributed by atoms with van der Waals surface area (Å²) in [5.74, 6) is 0.268. The Kier molecular flexibility index (Phi) is 4.56. The minimum atomic E-state index is -0.0932. The standard InChI is InChI=1S/C11H18BrN3O/c1-7(2)9(13)5-14-11(16)10-4-8(12)6-15(10)3/h4,6-7,9H,5,13H2,1-3H3,(H,14,16). The van der Waals surface area contributed by atoms with E-state index in [4.69, 9.17) is 5.73 Å². The first kappa shape index (κ1) is 13.3. The number of halogens is 1. The molecule has 0 saturated heterocycles. The number of hydrogen-bond acceptors (Lipinski definition) is 2. The smallest absolute Gasteiger partial charge is 0.267 e. The van der Waals surface area contributed by atoms with Gasteiger partial charge >= 0.3 is 0 Å². The van der Waals surface area contributed by atoms with Gasteiger partial charge in [0.15, 0.2) is 0 Å². The fraction of sp³-hybridized carbons (Fsp3) is 0.545. The van der Waals surface area contributed by atoms with Gasteiger partial charge in [-0.3, -0.25) is 4.79 Å². The molecule has 1 atom stereocenters. The van der Waals surface area contributed by atoms with Gasteiger partial charge in [0.05, 0.1) is 0 Å². The third-order valence-corrected chi connectivity index (χ3v) is 2.99. The van der Waals surface area contributed by atoms with Crippen molar-refractivity contribution < 1.29 is 4.79 Å². The largest absolute Gasteiger partial charge is 0.349 e. The molecule has 0 aromatic carbocycles. The molecule has 0 aliphatic carbocycles. The summed E-state index contributed by atoms with van der Waals surface area (Å²) in [5.41, 5.74) is 6.48. The Hall–Kier alpha value is -0.810. The van der Waals surface area contributed by atoms with E-state index in [0.717, 1.165) is 4.47 Å². The molecule has 1 heterocycles. The van der Waals surface area contributed by atoms with Crippen molar-refractivity contribution >= 4 is 21.8 Å². The van der Waals surface area contributed by atoms with Crippen LogP contribution in [0.1, 0.15) is 24.3 Å². The van der Waals surface area contributed by atoms with Crippen molar-refractivity contribution in [3.63, 3.8) is 0 Å². The molecule has 1 aromatic rings. The zero-order chi connectivity index (χ0) is 12.3. The van der Waals surface area contributed by atoms with Gasteiger partial charge in [-0.1, -0.05) is 13.8 Å². The lowest BCUT2D eigenvalue weighted by Gasteiger charge is -2.16. The van der Waals surface area contributed by atoms with Crippen LogP contribution in [-0.4, -0.2) is 23.1 Å². The Bertz CT molecular complexity index is 373. The molecule has 1 unspecified atom stereocenters. The minimum Gasteiger partial charge on any atom is -0.349 e. The molecular formula is C11H18BrN3O. The van der Waals surface area contributed by atoms with E-state index in [1.54, 1.807) is 10.6 Å². The summed E-state index contributed by atoms with van der Waals surface area (Å²) < 4.78 is 2.67. The number of amides is 1. The maximum atomic E-state index is 11.8. The van der Waals surface area contributed by atoms with Crippen molar-refractivity contribution in [1.29, 1.82) is 0 Å². The number of nitrogens with one attached hydrogen (secondary N) is 1. The van der Waals surface area contributed by atoms with E-state index in [0.29, 0.717) is 18.2 Å². The highest BCUT2D eigenvalue weighted by Crippen LogP contribution is 2.13. The van der Waals surface area contributed by atoms with E-state index >= 15 is 0 Å². The van der Waals surface area contributed by atoms with Gasteiger partial charge in [0.1, 0.15) is 5.69 Å². The molecule has 0 radical (unpaired) electrons. The fourth-order valence-corrected chi connectivity index (χ4v) is 1.81. The maximum Gasteiger partial charge on any atom is 0.267 e. The molecule has 0 aliphatic heterocycles. The number of hydrogen-bond donors (Lipinski definition) is 2. The van der Waals surface area contributed by atoms with Crippen LogP contribution in [0.15, 0.2) is 16.7 Å². The summed E-state index contributed by atoms with van der Waals surface area (Å²) in [7, 11) is 1.84. The van der Waals surface area contributed by atoms with E-state index in [-0.39, 0.29) is 11.9 Å². The van der Waals surface area contributed by atoms with Gasteiger partial charge < -0.3 is 15.6 Å². The molecule has 90 valence electrons. The lowest BCUT2D eigenvalue weighted by atomic mass is 10.1. The Morgan fingerprint density at radius 2 is 2.25 bits per heavy atom. The number of aromatic nitrogens is 1. The molecular weight excluding hydrogens is 270 g/mol. The molecule has 0 bridgehead atoms. The van der Waals surface area contributed by atoms with Crippen LogP contribution in [0.3, 0.4) is 0 Å². The van der Waals surface area contributed by atoms with Crippen molar-refractivity contribution in [3.05, 3.63) is 22.4 Å². The third kappa shape index (κ3) is 3.35. The molecule has 16 heavy (non-hydrogen) atoms. The predicted molar refractivity (Wildman–Crippen MR) is 68.3 cm³/mol. The lowest BCUT2D eigenvalue weighted by Crippen LogP contribution is -2.40. The molecule has 1 aromatic heterocycles. The fourth-order valence-electron chi connectivity index (χ4n) is 1.29. The Morgan fingerprint density at radius 3 is 2.69 bits per heavy atom. The molecule has 0 spiro atoms. The summed E-state index contributed by atoms with van der Waals surface area (Å²) in [4.78, 5) is 11.8. The zero-order valence-corrected chi connectivity index (χ0v) is 11.4. The van der Waals surface area contributed by atoms with E-state index in [1.165, 1.54) is 0 Å². The van der Waals surface area contributed by atoms with Gasteiger partial charge in [-0.15, -0.1) is 0 Å². The first-order valence-corrected chi connectivity index (χ1v) is 6.06. The Balaban J connectivity index is 2.56. The molecule has 0 fully saturated rings. The van der Waals surface area contributed by atoms with Gasteiger partial charge in [-0.05, 0) is 27.9 Å². The molecule has 4 nitrogen and oxygen atoms in total. The highest BCUT2D eigenvalue weighted by atomic mass is 79.9. The van der Waals surface area contributed by atoms with Crippen molar-refractivity contribution in [2.75, 3.05) is 6.54 Å². The van der Waals surface area contributed by atoms with Gasteiger partial charge in [0.25, 0.3) is 5.91 Å². The van der Waals surface area contributed by atoms with Crippen LogP contribution in [-0.2, 0) is 7.05 Å². The Morgan fingerprint density at radius 1 is 1.62 bits per heavy atom. The molecule has 0 saturated carbocycles. The quantitative estimate of drug-likeness (QED) is 0.882. The van der Waals surface area contributed by atoms with Crippen LogP contribution >= 0.6 is 15.9 Å². The van der Waals surface area contributed by atoms with Gasteiger partial charge in [0, 0.05) is 30.3 Å². The molecule has 5 heteroatoms. The van der Waals surface area contributed by atoms with Crippen LogP contribution in [0.25, 0.3) is 0 Å². The Labute approximate surface area is 104 Å². The number of nitrogens with two attached hydrogens (primary N) is 1. The van der Waals surface area contributed by atoms with Gasteiger partial charge in [-0.2, -0.15) is 0 Å². The van der Waals surface area contributed by atoms with Crippen molar-refractivity contribution in [1.82, 2.24) is 9.88 Å². The van der Waals surface area contributed by atoms with Crippen LogP contribution < -0.4 is 11.1 Å². The van der Waals surface area contributed by atoms with Crippen LogP contribution in [0.5, 0.6) is 0 Å². The second-order valence-electron chi connectivity index (χ2n) is 4.27. The topological polar surface area (TPSA) is 60.0 Å². The second kappa shape index (κ2) is 5.50. The number of carbonyl (C=O) groups excluding carboxylic acids is 1. The summed E-state index contributed by atoms with van der Waals surface area (Å²) in [5, 5.41) is 2.83. The first-order valence-electron chi connectivity index (χ1n) is 5.27. The number of aryl methyl sites for hydroxylation is 1. The lowest BCUT2D eigenvalue weighted by molar-refractivity contribution is 0.0941.